The van der Waals surface area contributed by atoms with Crippen LogP contribution in [0.4, 0.5) is 5.69 Å². The molecule has 2 rings (SSSR count). The van der Waals surface area contributed by atoms with Gasteiger partial charge in [-0.2, -0.15) is 0 Å². The summed E-state index contributed by atoms with van der Waals surface area (Å²) in [6.45, 7) is 6.51. The van der Waals surface area contributed by atoms with Crippen molar-refractivity contribution >= 4 is 15.5 Å². The molecular weight excluding hydrogens is 286 g/mol. The number of hydrogen-bond acceptors (Lipinski definition) is 4. The predicted octanol–water partition coefficient (Wildman–Crippen LogP) is 2.87. The van der Waals surface area contributed by atoms with Crippen LogP contribution >= 0.6 is 0 Å². The third-order valence-corrected chi connectivity index (χ3v) is 5.12. The van der Waals surface area contributed by atoms with Gasteiger partial charge in [-0.25, -0.2) is 13.4 Å². The van der Waals surface area contributed by atoms with E-state index in [1.54, 1.807) is 31.2 Å². The van der Waals surface area contributed by atoms with Gasteiger partial charge in [0.1, 0.15) is 0 Å². The molecule has 0 radical (unpaired) electrons. The first-order valence-corrected chi connectivity index (χ1v) is 8.66. The largest absolute Gasteiger partial charge is 0.379 e. The molecule has 21 heavy (non-hydrogen) atoms. The number of hydrogen-bond donors (Lipinski definition) is 1. The lowest BCUT2D eigenvalue weighted by Gasteiger charge is -2.13. The van der Waals surface area contributed by atoms with Gasteiger partial charge in [0.25, 0.3) is 0 Å². The summed E-state index contributed by atoms with van der Waals surface area (Å²) < 4.78 is 25.6. The summed E-state index contributed by atoms with van der Waals surface area (Å²) in [4.78, 5) is 4.52. The van der Waals surface area contributed by atoms with Gasteiger partial charge in [-0.1, -0.05) is 6.92 Å². The quantitative estimate of drug-likeness (QED) is 0.891. The zero-order valence-corrected chi connectivity index (χ0v) is 13.4. The van der Waals surface area contributed by atoms with E-state index in [0.29, 0.717) is 17.5 Å². The molecule has 0 fully saturated rings. The standard InChI is InChI=1S/C15H21N3O2S/c1-4-21(19,20)15-7-5-13(6-8-15)17-10-14-9-16-11-18(14)12(2)3/h5-9,11-12,17H,4,10H2,1-3H3. The van der Waals surface area contributed by atoms with Gasteiger partial charge in [-0.15, -0.1) is 0 Å². The molecule has 5 nitrogen and oxygen atoms in total. The Hall–Kier alpha value is -1.82. The smallest absolute Gasteiger partial charge is 0.178 e. The molecule has 0 saturated carbocycles. The molecule has 0 unspecified atom stereocenters. The number of sulfone groups is 1. The van der Waals surface area contributed by atoms with E-state index in [2.05, 4.69) is 28.7 Å². The van der Waals surface area contributed by atoms with Crippen molar-refractivity contribution in [2.75, 3.05) is 11.1 Å². The van der Waals surface area contributed by atoms with Crippen molar-refractivity contribution in [3.8, 4) is 0 Å². The van der Waals surface area contributed by atoms with Gasteiger partial charge in [-0.05, 0) is 38.1 Å². The number of imidazole rings is 1. The second-order valence-electron chi connectivity index (χ2n) is 5.17. The van der Waals surface area contributed by atoms with Crippen molar-refractivity contribution in [3.05, 3.63) is 42.5 Å². The van der Waals surface area contributed by atoms with Crippen molar-refractivity contribution in [2.45, 2.75) is 38.3 Å². The minimum Gasteiger partial charge on any atom is -0.379 e. The number of benzene rings is 1. The molecule has 114 valence electrons. The zero-order chi connectivity index (χ0) is 15.5. The molecule has 0 amide bonds. The number of aromatic nitrogens is 2. The fourth-order valence-electron chi connectivity index (χ4n) is 2.07. The maximum atomic E-state index is 11.7. The van der Waals surface area contributed by atoms with E-state index in [4.69, 9.17) is 0 Å². The van der Waals surface area contributed by atoms with Crippen LogP contribution < -0.4 is 5.32 Å². The average molecular weight is 307 g/mol. The average Bonchev–Trinajstić information content (AvgIpc) is 2.94. The van der Waals surface area contributed by atoms with E-state index in [1.807, 2.05) is 12.5 Å². The Bertz CT molecular complexity index is 688. The minimum absolute atomic E-state index is 0.118. The molecular formula is C15H21N3O2S. The molecule has 1 aromatic carbocycles. The minimum atomic E-state index is -3.13. The Morgan fingerprint density at radius 1 is 1.24 bits per heavy atom. The Kier molecular flexibility index (Phi) is 4.67. The molecule has 0 spiro atoms. The first kappa shape index (κ1) is 15.6. The highest BCUT2D eigenvalue weighted by Gasteiger charge is 2.11. The van der Waals surface area contributed by atoms with Gasteiger partial charge < -0.3 is 9.88 Å². The Balaban J connectivity index is 2.06. The summed E-state index contributed by atoms with van der Waals surface area (Å²) in [5, 5.41) is 3.28. The van der Waals surface area contributed by atoms with Crippen LogP contribution in [0.15, 0.2) is 41.7 Å². The van der Waals surface area contributed by atoms with Gasteiger partial charge in [0.15, 0.2) is 9.84 Å². The normalized spacial score (nSPS) is 11.8. The maximum Gasteiger partial charge on any atom is 0.178 e. The summed E-state index contributed by atoms with van der Waals surface area (Å²) in [5.74, 6) is 0.118. The van der Waals surface area contributed by atoms with E-state index < -0.39 is 9.84 Å². The SMILES string of the molecule is CCS(=O)(=O)c1ccc(NCc2cncn2C(C)C)cc1. The summed E-state index contributed by atoms with van der Waals surface area (Å²) in [7, 11) is -3.13. The first-order valence-electron chi connectivity index (χ1n) is 7.01. The maximum absolute atomic E-state index is 11.7. The van der Waals surface area contributed by atoms with Crippen molar-refractivity contribution in [1.82, 2.24) is 9.55 Å². The van der Waals surface area contributed by atoms with Crippen LogP contribution in [0.2, 0.25) is 0 Å². The fraction of sp³-hybridized carbons (Fsp3) is 0.400. The van der Waals surface area contributed by atoms with Crippen LogP contribution in [0.25, 0.3) is 0 Å². The second kappa shape index (κ2) is 6.30. The van der Waals surface area contributed by atoms with Gasteiger partial charge in [0, 0.05) is 17.9 Å². The molecule has 0 bridgehead atoms. The molecule has 1 heterocycles. The van der Waals surface area contributed by atoms with Crippen molar-refractivity contribution in [1.29, 1.82) is 0 Å². The van der Waals surface area contributed by atoms with Crippen molar-refractivity contribution in [3.63, 3.8) is 0 Å². The molecule has 0 aliphatic rings. The van der Waals surface area contributed by atoms with E-state index in [-0.39, 0.29) is 5.75 Å². The van der Waals surface area contributed by atoms with Crippen LogP contribution in [0.3, 0.4) is 0 Å². The van der Waals surface area contributed by atoms with Crippen LogP contribution in [0.5, 0.6) is 0 Å². The second-order valence-corrected chi connectivity index (χ2v) is 7.45. The Morgan fingerprint density at radius 3 is 2.48 bits per heavy atom. The monoisotopic (exact) mass is 307 g/mol. The molecule has 0 atom stereocenters. The molecule has 0 saturated heterocycles. The van der Waals surface area contributed by atoms with Crippen LogP contribution in [-0.2, 0) is 16.4 Å². The summed E-state index contributed by atoms with van der Waals surface area (Å²) in [6, 6.07) is 7.22. The summed E-state index contributed by atoms with van der Waals surface area (Å²) >= 11 is 0. The van der Waals surface area contributed by atoms with E-state index >= 15 is 0 Å². The Morgan fingerprint density at radius 2 is 1.90 bits per heavy atom. The lowest BCUT2D eigenvalue weighted by Crippen LogP contribution is -2.09. The topological polar surface area (TPSA) is 64.0 Å². The number of rotatable bonds is 6. The van der Waals surface area contributed by atoms with Gasteiger partial charge in [-0.3, -0.25) is 0 Å². The number of nitrogens with zero attached hydrogens (tertiary/aromatic N) is 2. The Labute approximate surface area is 125 Å². The molecule has 1 N–H and O–H groups in total. The lowest BCUT2D eigenvalue weighted by molar-refractivity contribution is 0.577. The molecule has 0 aliphatic heterocycles. The first-order chi connectivity index (χ1) is 9.94. The third-order valence-electron chi connectivity index (χ3n) is 3.37. The van der Waals surface area contributed by atoms with Crippen LogP contribution in [0.1, 0.15) is 32.5 Å². The summed E-state index contributed by atoms with van der Waals surface area (Å²) in [5.41, 5.74) is 1.98. The van der Waals surface area contributed by atoms with Crippen LogP contribution in [-0.4, -0.2) is 23.7 Å². The van der Waals surface area contributed by atoms with Gasteiger partial charge >= 0.3 is 0 Å². The predicted molar refractivity (Wildman–Crippen MR) is 84.1 cm³/mol. The third kappa shape index (κ3) is 3.64. The molecule has 2 aromatic rings. The van der Waals surface area contributed by atoms with E-state index in [1.165, 1.54) is 0 Å². The summed E-state index contributed by atoms with van der Waals surface area (Å²) in [6.07, 6.45) is 3.65. The van der Waals surface area contributed by atoms with Crippen LogP contribution in [0, 0.1) is 0 Å². The van der Waals surface area contributed by atoms with E-state index in [9.17, 15) is 8.42 Å². The van der Waals surface area contributed by atoms with E-state index in [0.717, 1.165) is 11.4 Å². The number of anilines is 1. The van der Waals surface area contributed by atoms with Gasteiger partial charge in [0.2, 0.25) is 0 Å². The fourth-order valence-corrected chi connectivity index (χ4v) is 2.96. The zero-order valence-electron chi connectivity index (χ0n) is 12.6. The lowest BCUT2D eigenvalue weighted by atomic mass is 10.3. The molecule has 1 aromatic heterocycles. The van der Waals surface area contributed by atoms with Crippen molar-refractivity contribution in [2.24, 2.45) is 0 Å². The highest BCUT2D eigenvalue weighted by molar-refractivity contribution is 7.91. The molecule has 0 aliphatic carbocycles. The number of nitrogens with one attached hydrogen (secondary N) is 1. The highest BCUT2D eigenvalue weighted by Crippen LogP contribution is 2.16. The molecule has 6 heteroatoms. The van der Waals surface area contributed by atoms with Crippen molar-refractivity contribution < 1.29 is 8.42 Å². The van der Waals surface area contributed by atoms with Gasteiger partial charge in [0.05, 0.1) is 29.2 Å². The highest BCUT2D eigenvalue weighted by atomic mass is 32.2.